The Morgan fingerprint density at radius 3 is 2.78 bits per heavy atom. The molecule has 1 aromatic carbocycles. The van der Waals surface area contributed by atoms with Crippen LogP contribution in [0.2, 0.25) is 0 Å². The molecule has 0 aliphatic carbocycles. The van der Waals surface area contributed by atoms with E-state index in [0.717, 1.165) is 16.8 Å². The van der Waals surface area contributed by atoms with Crippen LogP contribution >= 0.6 is 0 Å². The number of anilines is 1. The minimum absolute atomic E-state index is 0.125. The van der Waals surface area contributed by atoms with Crippen molar-refractivity contribution in [3.63, 3.8) is 0 Å². The van der Waals surface area contributed by atoms with Gasteiger partial charge in [-0.15, -0.1) is 6.42 Å². The van der Waals surface area contributed by atoms with E-state index in [1.165, 1.54) is 4.90 Å². The zero-order valence-corrected chi connectivity index (χ0v) is 13.1. The number of aryl methyl sites for hydroxylation is 2. The lowest BCUT2D eigenvalue weighted by atomic mass is 9.98. The van der Waals surface area contributed by atoms with E-state index >= 15 is 0 Å². The van der Waals surface area contributed by atoms with E-state index in [0.29, 0.717) is 5.82 Å². The summed E-state index contributed by atoms with van der Waals surface area (Å²) in [4.78, 5) is 14.0. The minimum Gasteiger partial charge on any atom is -0.633 e. The Morgan fingerprint density at radius 2 is 2.13 bits per heavy atom. The van der Waals surface area contributed by atoms with Crippen LogP contribution < -0.4 is 9.96 Å². The summed E-state index contributed by atoms with van der Waals surface area (Å²) in [7, 11) is 1.76. The molecule has 6 nitrogen and oxygen atoms in total. The fraction of sp³-hybridized carbons (Fsp3) is 0.294. The average molecular weight is 310 g/mol. The number of nitrogens with one attached hydrogen (secondary N) is 1. The van der Waals surface area contributed by atoms with Crippen molar-refractivity contribution in [2.75, 3.05) is 18.0 Å². The highest BCUT2D eigenvalue weighted by molar-refractivity contribution is 5.95. The second-order valence-electron chi connectivity index (χ2n) is 5.62. The van der Waals surface area contributed by atoms with Gasteiger partial charge >= 0.3 is 0 Å². The molecule has 2 atom stereocenters. The van der Waals surface area contributed by atoms with Crippen molar-refractivity contribution < 1.29 is 9.86 Å². The molecule has 118 valence electrons. The highest BCUT2D eigenvalue weighted by atomic mass is 16.5. The van der Waals surface area contributed by atoms with E-state index in [1.807, 2.05) is 37.3 Å². The molecule has 1 aliphatic heterocycles. The number of terminal acetylenes is 1. The molecule has 1 amide bonds. The second kappa shape index (κ2) is 5.88. The van der Waals surface area contributed by atoms with Gasteiger partial charge in [0.25, 0.3) is 5.91 Å². The van der Waals surface area contributed by atoms with Crippen molar-refractivity contribution in [3.8, 4) is 12.3 Å². The van der Waals surface area contributed by atoms with Crippen molar-refractivity contribution in [2.45, 2.75) is 13.0 Å². The monoisotopic (exact) mass is 310 g/mol. The number of benzene rings is 1. The van der Waals surface area contributed by atoms with E-state index in [2.05, 4.69) is 11.0 Å². The molecule has 0 saturated heterocycles. The highest BCUT2D eigenvalue weighted by Gasteiger charge is 2.37. The van der Waals surface area contributed by atoms with Gasteiger partial charge in [0.05, 0.1) is 17.8 Å². The summed E-state index contributed by atoms with van der Waals surface area (Å²) >= 11 is 0. The number of carbonyl (C=O) groups is 1. The summed E-state index contributed by atoms with van der Waals surface area (Å²) in [5, 5.41) is 17.0. The largest absolute Gasteiger partial charge is 0.633 e. The van der Waals surface area contributed by atoms with Crippen LogP contribution in [0.3, 0.4) is 0 Å². The maximum absolute atomic E-state index is 12.8. The predicted molar refractivity (Wildman–Crippen MR) is 86.6 cm³/mol. The third kappa shape index (κ3) is 2.50. The smallest absolute Gasteiger partial charge is 0.284 e. The van der Waals surface area contributed by atoms with Crippen LogP contribution in [0.5, 0.6) is 0 Å². The molecule has 0 fully saturated rings. The van der Waals surface area contributed by atoms with Crippen LogP contribution in [0.25, 0.3) is 0 Å². The molecule has 0 saturated carbocycles. The molecule has 2 heterocycles. The first-order valence-corrected chi connectivity index (χ1v) is 7.39. The highest BCUT2D eigenvalue weighted by Crippen LogP contribution is 2.33. The topological polar surface area (TPSA) is 65.6 Å². The van der Waals surface area contributed by atoms with Crippen molar-refractivity contribution in [1.82, 2.24) is 9.78 Å². The molecular weight excluding hydrogens is 292 g/mol. The standard InChI is InChI=1S/C17H18N4O2/c1-4-10-20-14(22)11-21(23)16(13-8-6-5-7-9-13)15-12(2)18-19(3)17(15)20/h1,5-9,16,21H,10-11H2,2-3H3. The van der Waals surface area contributed by atoms with Gasteiger partial charge in [0.1, 0.15) is 11.9 Å². The Bertz CT molecular complexity index is 776. The molecule has 0 bridgehead atoms. The molecule has 0 spiro atoms. The van der Waals surface area contributed by atoms with Gasteiger partial charge in [0, 0.05) is 12.6 Å². The number of quaternary nitrogens is 1. The summed E-state index contributed by atoms with van der Waals surface area (Å²) in [6, 6.07) is 8.99. The van der Waals surface area contributed by atoms with Crippen LogP contribution in [-0.4, -0.2) is 28.8 Å². The molecule has 1 N–H and O–H groups in total. The van der Waals surface area contributed by atoms with Gasteiger partial charge in [-0.25, -0.2) is 0 Å². The van der Waals surface area contributed by atoms with E-state index in [9.17, 15) is 10.0 Å². The second-order valence-corrected chi connectivity index (χ2v) is 5.62. The van der Waals surface area contributed by atoms with Gasteiger partial charge in [-0.1, -0.05) is 36.3 Å². The van der Waals surface area contributed by atoms with E-state index in [1.54, 1.807) is 11.7 Å². The molecule has 1 aromatic heterocycles. The van der Waals surface area contributed by atoms with Gasteiger partial charge in [0.2, 0.25) is 0 Å². The lowest BCUT2D eigenvalue weighted by molar-refractivity contribution is -0.866. The number of hydrogen-bond acceptors (Lipinski definition) is 3. The SMILES string of the molecule is C#CCN1C(=O)C[NH+]([O-])C(c2ccccc2)c2c(C)nn(C)c21. The third-order valence-electron chi connectivity index (χ3n) is 4.11. The Kier molecular flexibility index (Phi) is 3.90. The number of aromatic nitrogens is 2. The van der Waals surface area contributed by atoms with Crippen molar-refractivity contribution in [1.29, 1.82) is 0 Å². The fourth-order valence-electron chi connectivity index (χ4n) is 3.20. The van der Waals surface area contributed by atoms with Gasteiger partial charge in [-0.2, -0.15) is 5.10 Å². The first-order valence-electron chi connectivity index (χ1n) is 7.39. The normalized spacial score (nSPS) is 20.8. The molecule has 3 rings (SSSR count). The summed E-state index contributed by atoms with van der Waals surface area (Å²) in [5.41, 5.74) is 2.37. The molecule has 23 heavy (non-hydrogen) atoms. The lowest BCUT2D eigenvalue weighted by Gasteiger charge is -2.29. The first-order chi connectivity index (χ1) is 11.0. The quantitative estimate of drug-likeness (QED) is 0.636. The molecule has 0 radical (unpaired) electrons. The van der Waals surface area contributed by atoms with Crippen LogP contribution in [0.15, 0.2) is 30.3 Å². The van der Waals surface area contributed by atoms with Gasteiger partial charge in [-0.05, 0) is 6.92 Å². The number of rotatable bonds is 2. The summed E-state index contributed by atoms with van der Waals surface area (Å²) in [6.45, 7) is 1.82. The van der Waals surface area contributed by atoms with Crippen molar-refractivity contribution in [3.05, 3.63) is 52.4 Å². The Hall–Kier alpha value is -2.62. The maximum Gasteiger partial charge on any atom is 0.284 e. The number of nitrogens with zero attached hydrogens (tertiary/aromatic N) is 3. The summed E-state index contributed by atoms with van der Waals surface area (Å²) < 4.78 is 1.63. The van der Waals surface area contributed by atoms with Crippen LogP contribution in [-0.2, 0) is 11.8 Å². The number of amides is 1. The Balaban J connectivity index is 2.24. The minimum atomic E-state index is -0.494. The van der Waals surface area contributed by atoms with Gasteiger partial charge < -0.3 is 10.3 Å². The molecular formula is C17H18N4O2. The lowest BCUT2D eigenvalue weighted by Crippen LogP contribution is -3.08. The average Bonchev–Trinajstić information content (AvgIpc) is 2.74. The van der Waals surface area contributed by atoms with Gasteiger partial charge in [-0.3, -0.25) is 14.4 Å². The van der Waals surface area contributed by atoms with E-state index in [-0.39, 0.29) is 24.1 Å². The summed E-state index contributed by atoms with van der Waals surface area (Å²) in [6.07, 6.45) is 5.41. The predicted octanol–water partition coefficient (Wildman–Crippen LogP) is 0.180. The number of fused-ring (bicyclic) bond motifs is 1. The zero-order chi connectivity index (χ0) is 16.6. The summed E-state index contributed by atoms with van der Waals surface area (Å²) in [5.74, 6) is 2.83. The molecule has 6 heteroatoms. The van der Waals surface area contributed by atoms with E-state index < -0.39 is 6.04 Å². The van der Waals surface area contributed by atoms with Crippen LogP contribution in [0.1, 0.15) is 22.9 Å². The molecule has 1 aliphatic rings. The van der Waals surface area contributed by atoms with Crippen molar-refractivity contribution in [2.24, 2.45) is 7.05 Å². The molecule has 2 aromatic rings. The van der Waals surface area contributed by atoms with Crippen molar-refractivity contribution >= 4 is 11.7 Å². The van der Waals surface area contributed by atoms with Crippen LogP contribution in [0.4, 0.5) is 5.82 Å². The fourth-order valence-corrected chi connectivity index (χ4v) is 3.20. The number of carbonyl (C=O) groups excluding carboxylic acids is 1. The number of hydrogen-bond donors (Lipinski definition) is 1. The van der Waals surface area contributed by atoms with Crippen LogP contribution in [0, 0.1) is 24.5 Å². The first kappa shape index (κ1) is 15.3. The third-order valence-corrected chi connectivity index (χ3v) is 4.11. The number of hydroxylamine groups is 2. The zero-order valence-electron chi connectivity index (χ0n) is 13.1. The maximum atomic E-state index is 12.8. The Labute approximate surface area is 134 Å². The Morgan fingerprint density at radius 1 is 1.43 bits per heavy atom. The van der Waals surface area contributed by atoms with Gasteiger partial charge in [0.15, 0.2) is 6.54 Å². The van der Waals surface area contributed by atoms with E-state index in [4.69, 9.17) is 6.42 Å². The molecule has 2 unspecified atom stereocenters.